The number of hydrogen-bond acceptors (Lipinski definition) is 5. The van der Waals surface area contributed by atoms with Crippen LogP contribution < -0.4 is 16.6 Å². The molecular formula is C25H23N5O2. The molecule has 2 aromatic heterocycles. The number of nitrogens with one attached hydrogen (secondary N) is 2. The number of aromatic nitrogens is 2. The van der Waals surface area contributed by atoms with Crippen molar-refractivity contribution in [2.24, 2.45) is 5.84 Å². The fourth-order valence-electron chi connectivity index (χ4n) is 4.36. The third-order valence-electron chi connectivity index (χ3n) is 6.17. The van der Waals surface area contributed by atoms with Gasteiger partial charge in [-0.05, 0) is 48.6 Å². The van der Waals surface area contributed by atoms with E-state index in [-0.39, 0.29) is 0 Å². The van der Waals surface area contributed by atoms with Crippen molar-refractivity contribution in [3.05, 3.63) is 78.4 Å². The van der Waals surface area contributed by atoms with Crippen LogP contribution in [0.5, 0.6) is 0 Å². The molecule has 2 heterocycles. The molecule has 5 rings (SSSR count). The Morgan fingerprint density at radius 3 is 2.28 bits per heavy atom. The summed E-state index contributed by atoms with van der Waals surface area (Å²) in [5.41, 5.74) is 8.41. The molecular weight excluding hydrogens is 402 g/mol. The summed E-state index contributed by atoms with van der Waals surface area (Å²) in [4.78, 5) is 20.8. The zero-order valence-corrected chi connectivity index (χ0v) is 17.4. The third-order valence-corrected chi connectivity index (χ3v) is 6.17. The van der Waals surface area contributed by atoms with E-state index in [4.69, 9.17) is 10.8 Å². The SMILES string of the molecule is NNc1ccc2nc(-c3ccc(C4(NC(=O)O)CCC4)cc3)c(-c3ccccc3)cc2n1. The Morgan fingerprint density at radius 1 is 0.906 bits per heavy atom. The quantitative estimate of drug-likeness (QED) is 0.267. The van der Waals surface area contributed by atoms with E-state index < -0.39 is 11.6 Å². The highest BCUT2D eigenvalue weighted by atomic mass is 16.4. The number of carboxylic acid groups (broad SMARTS) is 1. The minimum Gasteiger partial charge on any atom is -0.465 e. The number of hydrogen-bond donors (Lipinski definition) is 4. The van der Waals surface area contributed by atoms with E-state index >= 15 is 0 Å². The monoisotopic (exact) mass is 425 g/mol. The van der Waals surface area contributed by atoms with Crippen molar-refractivity contribution in [1.29, 1.82) is 0 Å². The van der Waals surface area contributed by atoms with Crippen LogP contribution in [0.3, 0.4) is 0 Å². The molecule has 5 N–H and O–H groups in total. The molecule has 1 saturated carbocycles. The van der Waals surface area contributed by atoms with Crippen LogP contribution in [-0.4, -0.2) is 21.2 Å². The first-order valence-corrected chi connectivity index (χ1v) is 10.5. The number of anilines is 1. The highest BCUT2D eigenvalue weighted by Gasteiger charge is 2.40. The molecule has 4 aromatic rings. The van der Waals surface area contributed by atoms with Crippen LogP contribution in [0.4, 0.5) is 10.6 Å². The smallest absolute Gasteiger partial charge is 0.405 e. The molecule has 1 amide bonds. The lowest BCUT2D eigenvalue weighted by Gasteiger charge is -2.42. The van der Waals surface area contributed by atoms with Crippen LogP contribution in [0.2, 0.25) is 0 Å². The zero-order valence-electron chi connectivity index (χ0n) is 17.4. The van der Waals surface area contributed by atoms with Crippen LogP contribution in [0, 0.1) is 0 Å². The summed E-state index contributed by atoms with van der Waals surface area (Å²) in [5.74, 6) is 6.11. The molecule has 0 unspecified atom stereocenters. The van der Waals surface area contributed by atoms with Gasteiger partial charge in [-0.15, -0.1) is 0 Å². The fourth-order valence-corrected chi connectivity index (χ4v) is 4.36. The van der Waals surface area contributed by atoms with Gasteiger partial charge in [-0.3, -0.25) is 0 Å². The molecule has 1 aliphatic carbocycles. The molecule has 1 fully saturated rings. The number of benzene rings is 2. The van der Waals surface area contributed by atoms with E-state index in [1.807, 2.05) is 66.7 Å². The molecule has 7 heteroatoms. The summed E-state index contributed by atoms with van der Waals surface area (Å²) in [6.07, 6.45) is 1.64. The maximum atomic E-state index is 11.3. The summed E-state index contributed by atoms with van der Waals surface area (Å²) in [7, 11) is 0. The molecule has 0 aliphatic heterocycles. The Bertz CT molecular complexity index is 1290. The number of nitrogen functional groups attached to an aromatic ring is 1. The Kier molecular flexibility index (Phi) is 4.95. The summed E-state index contributed by atoms with van der Waals surface area (Å²) in [6.45, 7) is 0. The van der Waals surface area contributed by atoms with Crippen molar-refractivity contribution in [3.8, 4) is 22.4 Å². The number of nitrogens with two attached hydrogens (primary N) is 1. The molecule has 0 saturated heterocycles. The average molecular weight is 425 g/mol. The molecule has 32 heavy (non-hydrogen) atoms. The number of pyridine rings is 2. The van der Waals surface area contributed by atoms with Gasteiger partial charge in [-0.1, -0.05) is 54.6 Å². The van der Waals surface area contributed by atoms with Crippen molar-refractivity contribution in [1.82, 2.24) is 15.3 Å². The van der Waals surface area contributed by atoms with Gasteiger partial charge in [0, 0.05) is 11.1 Å². The Hall–Kier alpha value is -3.97. The first kappa shape index (κ1) is 20.0. The van der Waals surface area contributed by atoms with Crippen LogP contribution in [0.15, 0.2) is 72.8 Å². The molecule has 0 atom stereocenters. The first-order valence-electron chi connectivity index (χ1n) is 10.5. The number of fused-ring (bicyclic) bond motifs is 1. The van der Waals surface area contributed by atoms with Crippen LogP contribution in [0.25, 0.3) is 33.4 Å². The van der Waals surface area contributed by atoms with E-state index in [0.29, 0.717) is 5.82 Å². The van der Waals surface area contributed by atoms with Crippen molar-refractivity contribution in [2.45, 2.75) is 24.8 Å². The molecule has 7 nitrogen and oxygen atoms in total. The van der Waals surface area contributed by atoms with Gasteiger partial charge in [0.25, 0.3) is 0 Å². The van der Waals surface area contributed by atoms with Crippen molar-refractivity contribution < 1.29 is 9.90 Å². The van der Waals surface area contributed by atoms with Gasteiger partial charge in [0.15, 0.2) is 0 Å². The fraction of sp³-hybridized carbons (Fsp3) is 0.160. The Morgan fingerprint density at radius 2 is 1.66 bits per heavy atom. The molecule has 0 radical (unpaired) electrons. The first-order chi connectivity index (χ1) is 15.6. The second-order valence-electron chi connectivity index (χ2n) is 8.07. The summed E-state index contributed by atoms with van der Waals surface area (Å²) >= 11 is 0. The maximum absolute atomic E-state index is 11.3. The van der Waals surface area contributed by atoms with Gasteiger partial charge in [0.1, 0.15) is 5.82 Å². The molecule has 0 bridgehead atoms. The Balaban J connectivity index is 1.62. The number of nitrogens with zero attached hydrogens (tertiary/aromatic N) is 2. The topological polar surface area (TPSA) is 113 Å². The van der Waals surface area contributed by atoms with E-state index in [9.17, 15) is 9.90 Å². The van der Waals surface area contributed by atoms with E-state index in [2.05, 4.69) is 15.7 Å². The summed E-state index contributed by atoms with van der Waals surface area (Å²) < 4.78 is 0. The largest absolute Gasteiger partial charge is 0.465 e. The highest BCUT2D eigenvalue weighted by Crippen LogP contribution is 2.42. The number of rotatable bonds is 5. The summed E-state index contributed by atoms with van der Waals surface area (Å²) in [5, 5.41) is 12.0. The van der Waals surface area contributed by atoms with E-state index in [1.54, 1.807) is 6.07 Å². The van der Waals surface area contributed by atoms with Crippen molar-refractivity contribution in [2.75, 3.05) is 5.43 Å². The van der Waals surface area contributed by atoms with Gasteiger partial charge in [0.2, 0.25) is 0 Å². The molecule has 2 aromatic carbocycles. The average Bonchev–Trinajstić information content (AvgIpc) is 2.81. The third kappa shape index (κ3) is 3.52. The van der Waals surface area contributed by atoms with Gasteiger partial charge >= 0.3 is 6.09 Å². The second kappa shape index (κ2) is 7.94. The van der Waals surface area contributed by atoms with Crippen molar-refractivity contribution in [3.63, 3.8) is 0 Å². The molecule has 160 valence electrons. The number of hydrazine groups is 1. The lowest BCUT2D eigenvalue weighted by molar-refractivity contribution is 0.144. The van der Waals surface area contributed by atoms with Gasteiger partial charge in [0.05, 0.1) is 22.3 Å². The van der Waals surface area contributed by atoms with Gasteiger partial charge in [-0.25, -0.2) is 20.6 Å². The molecule has 0 spiro atoms. The van der Waals surface area contributed by atoms with Crippen LogP contribution in [0.1, 0.15) is 24.8 Å². The maximum Gasteiger partial charge on any atom is 0.405 e. The Labute approximate surface area is 185 Å². The number of amides is 1. The normalized spacial score (nSPS) is 14.5. The van der Waals surface area contributed by atoms with Gasteiger partial charge < -0.3 is 15.8 Å². The number of carbonyl (C=O) groups is 1. The van der Waals surface area contributed by atoms with Crippen molar-refractivity contribution >= 4 is 22.9 Å². The van der Waals surface area contributed by atoms with E-state index in [1.165, 1.54) is 0 Å². The van der Waals surface area contributed by atoms with Crippen LogP contribution >= 0.6 is 0 Å². The predicted octanol–water partition coefficient (Wildman–Crippen LogP) is 4.90. The summed E-state index contributed by atoms with van der Waals surface area (Å²) in [6, 6.07) is 23.8. The predicted molar refractivity (Wildman–Crippen MR) is 125 cm³/mol. The van der Waals surface area contributed by atoms with E-state index in [0.717, 1.165) is 58.2 Å². The lowest BCUT2D eigenvalue weighted by Crippen LogP contribution is -2.50. The molecule has 1 aliphatic rings. The van der Waals surface area contributed by atoms with Gasteiger partial charge in [-0.2, -0.15) is 0 Å². The zero-order chi connectivity index (χ0) is 22.1. The highest BCUT2D eigenvalue weighted by molar-refractivity contribution is 5.90. The second-order valence-corrected chi connectivity index (χ2v) is 8.07. The minimum atomic E-state index is -0.991. The van der Waals surface area contributed by atoms with Crippen LogP contribution in [-0.2, 0) is 5.54 Å². The minimum absolute atomic E-state index is 0.487. The standard InChI is InChI=1S/C25H23N5O2/c26-30-22-12-11-20-21(27-22)15-19(16-5-2-1-3-6-16)23(28-20)17-7-9-18(10-8-17)25(13-4-14-25)29-24(31)32/h1-3,5-12,15,29H,4,13-14,26H2,(H,27,30)(H,31,32). The lowest BCUT2D eigenvalue weighted by atomic mass is 9.71.